The Bertz CT molecular complexity index is 791. The number of rotatable bonds is 7. The summed E-state index contributed by atoms with van der Waals surface area (Å²) in [5, 5.41) is 4.25. The molecule has 1 aromatic carbocycles. The van der Waals surface area contributed by atoms with Crippen LogP contribution in [-0.2, 0) is 23.1 Å². The molecular weight excluding hydrogens is 352 g/mol. The second-order valence-electron chi connectivity index (χ2n) is 7.99. The number of carbonyl (C=O) groups excluding carboxylic acids is 1. The molecule has 2 aliphatic heterocycles. The minimum absolute atomic E-state index is 0.0567. The molecule has 4 rings (SSSR count). The first-order valence-corrected chi connectivity index (χ1v) is 10.2. The fourth-order valence-electron chi connectivity index (χ4n) is 4.91. The van der Waals surface area contributed by atoms with Crippen LogP contribution in [0.15, 0.2) is 42.7 Å². The van der Waals surface area contributed by atoms with Crippen molar-refractivity contribution in [3.05, 3.63) is 53.9 Å². The fourth-order valence-corrected chi connectivity index (χ4v) is 4.91. The molecular formula is C22H30N4O2. The molecule has 0 spiro atoms. The summed E-state index contributed by atoms with van der Waals surface area (Å²) < 4.78 is 7.07. The van der Waals surface area contributed by atoms with E-state index in [0.717, 1.165) is 24.9 Å². The summed E-state index contributed by atoms with van der Waals surface area (Å²) in [4.78, 5) is 18.1. The second-order valence-corrected chi connectivity index (χ2v) is 7.99. The first kappa shape index (κ1) is 19.2. The monoisotopic (exact) mass is 382 g/mol. The molecule has 0 N–H and O–H groups in total. The van der Waals surface area contributed by atoms with Crippen LogP contribution in [0.2, 0.25) is 0 Å². The van der Waals surface area contributed by atoms with Crippen LogP contribution in [0, 0.1) is 5.92 Å². The van der Waals surface area contributed by atoms with Crippen LogP contribution in [0.25, 0.3) is 0 Å². The number of amides is 1. The van der Waals surface area contributed by atoms with E-state index >= 15 is 0 Å². The Labute approximate surface area is 167 Å². The van der Waals surface area contributed by atoms with E-state index in [4.69, 9.17) is 4.74 Å². The van der Waals surface area contributed by atoms with E-state index in [1.807, 2.05) is 24.3 Å². The van der Waals surface area contributed by atoms with E-state index < -0.39 is 0 Å². The van der Waals surface area contributed by atoms with E-state index in [0.29, 0.717) is 31.8 Å². The zero-order chi connectivity index (χ0) is 19.5. The number of hydrogen-bond donors (Lipinski definition) is 0. The van der Waals surface area contributed by atoms with Gasteiger partial charge in [-0.15, -0.1) is 0 Å². The Hall–Kier alpha value is -2.18. The largest absolute Gasteiger partial charge is 0.383 e. The molecule has 2 fully saturated rings. The fraction of sp³-hybridized carbons (Fsp3) is 0.545. The molecule has 0 radical (unpaired) electrons. The molecule has 150 valence electrons. The summed E-state index contributed by atoms with van der Waals surface area (Å²) in [5.74, 6) is 0.317. The maximum absolute atomic E-state index is 13.6. The lowest BCUT2D eigenvalue weighted by molar-refractivity contribution is -0.137. The molecule has 1 aromatic heterocycles. The van der Waals surface area contributed by atoms with Gasteiger partial charge in [0.05, 0.1) is 18.7 Å². The van der Waals surface area contributed by atoms with Crippen LogP contribution >= 0.6 is 0 Å². The predicted molar refractivity (Wildman–Crippen MR) is 108 cm³/mol. The Morgan fingerprint density at radius 3 is 2.86 bits per heavy atom. The van der Waals surface area contributed by atoms with E-state index in [1.54, 1.807) is 11.8 Å². The van der Waals surface area contributed by atoms with Gasteiger partial charge in [0.2, 0.25) is 5.91 Å². The Morgan fingerprint density at radius 1 is 1.32 bits per heavy atom. The quantitative estimate of drug-likeness (QED) is 0.739. The number of methoxy groups -OCH3 is 1. The molecule has 3 heterocycles. The molecule has 0 bridgehead atoms. The predicted octanol–water partition coefficient (Wildman–Crippen LogP) is 2.62. The highest BCUT2D eigenvalue weighted by atomic mass is 16.5. The van der Waals surface area contributed by atoms with Crippen LogP contribution in [0.4, 0.5) is 0 Å². The molecule has 2 aliphatic rings. The van der Waals surface area contributed by atoms with E-state index in [1.165, 1.54) is 12.0 Å². The van der Waals surface area contributed by atoms with Crippen molar-refractivity contribution in [1.82, 2.24) is 19.6 Å². The van der Waals surface area contributed by atoms with Crippen LogP contribution in [0.1, 0.15) is 36.4 Å². The summed E-state index contributed by atoms with van der Waals surface area (Å²) in [6, 6.07) is 11.4. The summed E-state index contributed by atoms with van der Waals surface area (Å²) in [5.41, 5.74) is 2.40. The van der Waals surface area contributed by atoms with E-state index in [-0.39, 0.29) is 11.8 Å². The standard InChI is InChI=1S/C22H30N4O2/c1-24-15-17(14-23-24)16-25(11-12-28-2)22(27)19-13-21(18-7-4-3-5-8-18)26-10-6-9-20(19)26/h3-5,7-8,14-15,19-21H,6,9-13,16H2,1-2H3/t19-,20+,21-/m1/s1. The third-order valence-corrected chi connectivity index (χ3v) is 6.19. The van der Waals surface area contributed by atoms with Gasteiger partial charge in [-0.2, -0.15) is 5.10 Å². The topological polar surface area (TPSA) is 50.6 Å². The highest BCUT2D eigenvalue weighted by Crippen LogP contribution is 2.45. The molecule has 2 saturated heterocycles. The van der Waals surface area contributed by atoms with Gasteiger partial charge in [-0.05, 0) is 31.4 Å². The summed E-state index contributed by atoms with van der Waals surface area (Å²) in [6.07, 6.45) is 7.03. The number of carbonyl (C=O) groups is 1. The summed E-state index contributed by atoms with van der Waals surface area (Å²) >= 11 is 0. The molecule has 6 nitrogen and oxygen atoms in total. The normalized spacial score (nSPS) is 24.4. The zero-order valence-corrected chi connectivity index (χ0v) is 16.8. The van der Waals surface area contributed by atoms with E-state index in [9.17, 15) is 4.79 Å². The minimum Gasteiger partial charge on any atom is -0.383 e. The second kappa shape index (κ2) is 8.45. The van der Waals surface area contributed by atoms with Gasteiger partial charge >= 0.3 is 0 Å². The Kier molecular flexibility index (Phi) is 5.78. The summed E-state index contributed by atoms with van der Waals surface area (Å²) in [7, 11) is 3.59. The van der Waals surface area contributed by atoms with Crippen LogP contribution < -0.4 is 0 Å². The Balaban J connectivity index is 1.53. The van der Waals surface area contributed by atoms with Gasteiger partial charge < -0.3 is 9.64 Å². The van der Waals surface area contributed by atoms with Gasteiger partial charge in [-0.25, -0.2) is 0 Å². The number of hydrogen-bond acceptors (Lipinski definition) is 4. The number of benzene rings is 1. The minimum atomic E-state index is 0.0567. The smallest absolute Gasteiger partial charge is 0.227 e. The molecule has 0 unspecified atom stereocenters. The van der Waals surface area contributed by atoms with Gasteiger partial charge in [-0.1, -0.05) is 30.3 Å². The molecule has 6 heteroatoms. The maximum atomic E-state index is 13.6. The van der Waals surface area contributed by atoms with Crippen molar-refractivity contribution >= 4 is 5.91 Å². The maximum Gasteiger partial charge on any atom is 0.227 e. The van der Waals surface area contributed by atoms with Gasteiger partial charge in [-0.3, -0.25) is 14.4 Å². The number of fused-ring (bicyclic) bond motifs is 1. The SMILES string of the molecule is COCCN(Cc1cnn(C)c1)C(=O)[C@@H]1C[C@H](c2ccccc2)N2CCC[C@@H]12. The van der Waals surface area contributed by atoms with Crippen molar-refractivity contribution in [3.63, 3.8) is 0 Å². The van der Waals surface area contributed by atoms with Crippen molar-refractivity contribution in [1.29, 1.82) is 0 Å². The van der Waals surface area contributed by atoms with E-state index in [2.05, 4.69) is 40.3 Å². The van der Waals surface area contributed by atoms with Gasteiger partial charge in [0, 0.05) is 51.1 Å². The zero-order valence-electron chi connectivity index (χ0n) is 16.8. The molecule has 0 aliphatic carbocycles. The summed E-state index contributed by atoms with van der Waals surface area (Å²) in [6.45, 7) is 2.85. The highest BCUT2D eigenvalue weighted by molar-refractivity contribution is 5.80. The van der Waals surface area contributed by atoms with Crippen molar-refractivity contribution in [2.75, 3.05) is 26.8 Å². The molecule has 1 amide bonds. The first-order chi connectivity index (χ1) is 13.7. The first-order valence-electron chi connectivity index (χ1n) is 10.2. The van der Waals surface area contributed by atoms with Gasteiger partial charge in [0.25, 0.3) is 0 Å². The average molecular weight is 383 g/mol. The van der Waals surface area contributed by atoms with Crippen molar-refractivity contribution < 1.29 is 9.53 Å². The van der Waals surface area contributed by atoms with Crippen LogP contribution in [0.5, 0.6) is 0 Å². The average Bonchev–Trinajstić information content (AvgIpc) is 3.42. The third-order valence-electron chi connectivity index (χ3n) is 6.19. The highest BCUT2D eigenvalue weighted by Gasteiger charge is 2.48. The Morgan fingerprint density at radius 2 is 2.14 bits per heavy atom. The molecule has 28 heavy (non-hydrogen) atoms. The van der Waals surface area contributed by atoms with Crippen LogP contribution in [-0.4, -0.2) is 58.3 Å². The van der Waals surface area contributed by atoms with Crippen LogP contribution in [0.3, 0.4) is 0 Å². The van der Waals surface area contributed by atoms with Gasteiger partial charge in [0.1, 0.15) is 0 Å². The van der Waals surface area contributed by atoms with Crippen molar-refractivity contribution in [2.24, 2.45) is 13.0 Å². The lowest BCUT2D eigenvalue weighted by atomic mass is 9.93. The lowest BCUT2D eigenvalue weighted by Gasteiger charge is -2.28. The molecule has 0 saturated carbocycles. The molecule has 3 atom stereocenters. The van der Waals surface area contributed by atoms with Crippen molar-refractivity contribution in [2.45, 2.75) is 37.9 Å². The number of aromatic nitrogens is 2. The van der Waals surface area contributed by atoms with Gasteiger partial charge in [0.15, 0.2) is 0 Å². The number of ether oxygens (including phenoxy) is 1. The third kappa shape index (κ3) is 3.84. The molecule has 2 aromatic rings. The number of aryl methyl sites for hydroxylation is 1. The van der Waals surface area contributed by atoms with Crippen molar-refractivity contribution in [3.8, 4) is 0 Å². The lowest BCUT2D eigenvalue weighted by Crippen LogP contribution is -2.41. The number of nitrogens with zero attached hydrogens (tertiary/aromatic N) is 4.